The average Bonchev–Trinajstić information content (AvgIpc) is 3.09. The van der Waals surface area contributed by atoms with Crippen LogP contribution in [-0.2, 0) is 11.2 Å². The molecule has 4 rings (SSSR count). The van der Waals surface area contributed by atoms with Gasteiger partial charge in [-0.15, -0.1) is 0 Å². The molecular weight excluding hydrogens is 360 g/mol. The summed E-state index contributed by atoms with van der Waals surface area (Å²) in [4.78, 5) is 30.8. The van der Waals surface area contributed by atoms with Gasteiger partial charge in [0.2, 0.25) is 0 Å². The SMILES string of the molecule is O=C([O-])C(Cc1c[nH]c2ccccc12)N=Cc1c(O)c2ccccc2oc1=O. The average molecular weight is 375 g/mol. The van der Waals surface area contributed by atoms with Crippen molar-refractivity contribution in [3.63, 3.8) is 0 Å². The number of benzene rings is 2. The van der Waals surface area contributed by atoms with E-state index in [4.69, 9.17) is 4.42 Å². The normalized spacial score (nSPS) is 12.7. The maximum atomic E-state index is 12.1. The number of hydrogen-bond donors (Lipinski definition) is 2. The number of para-hydroxylation sites is 2. The first-order chi connectivity index (χ1) is 13.5. The van der Waals surface area contributed by atoms with Crippen LogP contribution in [0.2, 0.25) is 0 Å². The molecule has 140 valence electrons. The number of rotatable bonds is 5. The number of carboxylic acid groups (broad SMARTS) is 1. The van der Waals surface area contributed by atoms with Gasteiger partial charge in [-0.2, -0.15) is 0 Å². The van der Waals surface area contributed by atoms with Crippen LogP contribution in [0.15, 0.2) is 68.9 Å². The molecule has 2 aromatic carbocycles. The van der Waals surface area contributed by atoms with Gasteiger partial charge in [0.05, 0.1) is 17.4 Å². The molecule has 0 saturated heterocycles. The van der Waals surface area contributed by atoms with Gasteiger partial charge >= 0.3 is 5.63 Å². The van der Waals surface area contributed by atoms with Crippen LogP contribution in [0.25, 0.3) is 21.9 Å². The van der Waals surface area contributed by atoms with Crippen LogP contribution < -0.4 is 10.7 Å². The molecule has 1 unspecified atom stereocenters. The highest BCUT2D eigenvalue weighted by atomic mass is 16.4. The Hall–Kier alpha value is -3.87. The van der Waals surface area contributed by atoms with Gasteiger partial charge in [0.15, 0.2) is 0 Å². The molecule has 0 aliphatic carbocycles. The van der Waals surface area contributed by atoms with Gasteiger partial charge in [0.25, 0.3) is 0 Å². The third-order valence-corrected chi connectivity index (χ3v) is 4.56. The Bertz CT molecular complexity index is 1270. The summed E-state index contributed by atoms with van der Waals surface area (Å²) in [5.74, 6) is -1.69. The minimum absolute atomic E-state index is 0.0719. The van der Waals surface area contributed by atoms with E-state index in [-0.39, 0.29) is 23.3 Å². The number of aromatic nitrogens is 1. The van der Waals surface area contributed by atoms with Crippen molar-refractivity contribution in [1.29, 1.82) is 0 Å². The van der Waals surface area contributed by atoms with Crippen LogP contribution in [0, 0.1) is 0 Å². The van der Waals surface area contributed by atoms with Crippen molar-refractivity contribution >= 4 is 34.1 Å². The number of nitrogens with zero attached hydrogens (tertiary/aromatic N) is 1. The lowest BCUT2D eigenvalue weighted by Crippen LogP contribution is -2.36. The molecule has 2 N–H and O–H groups in total. The zero-order chi connectivity index (χ0) is 19.7. The topological polar surface area (TPSA) is 119 Å². The maximum absolute atomic E-state index is 12.1. The summed E-state index contributed by atoms with van der Waals surface area (Å²) in [6.45, 7) is 0. The van der Waals surface area contributed by atoms with Gasteiger partial charge in [-0.05, 0) is 23.8 Å². The fourth-order valence-corrected chi connectivity index (χ4v) is 3.13. The second kappa shape index (κ2) is 7.03. The number of hydrogen-bond acceptors (Lipinski definition) is 6. The largest absolute Gasteiger partial charge is 0.548 e. The number of aromatic hydroxyl groups is 1. The molecule has 2 heterocycles. The molecule has 1 atom stereocenters. The van der Waals surface area contributed by atoms with Gasteiger partial charge < -0.3 is 24.4 Å². The second-order valence-electron chi connectivity index (χ2n) is 6.32. The Morgan fingerprint density at radius 3 is 2.68 bits per heavy atom. The molecule has 28 heavy (non-hydrogen) atoms. The summed E-state index contributed by atoms with van der Waals surface area (Å²) >= 11 is 0. The molecule has 0 fully saturated rings. The second-order valence-corrected chi connectivity index (χ2v) is 6.32. The van der Waals surface area contributed by atoms with Gasteiger partial charge in [-0.3, -0.25) is 4.99 Å². The number of carbonyl (C=O) groups is 1. The van der Waals surface area contributed by atoms with E-state index in [1.54, 1.807) is 30.5 Å². The Morgan fingerprint density at radius 1 is 1.18 bits per heavy atom. The monoisotopic (exact) mass is 375 g/mol. The molecule has 0 bridgehead atoms. The van der Waals surface area contributed by atoms with Crippen molar-refractivity contribution < 1.29 is 19.4 Å². The maximum Gasteiger partial charge on any atom is 0.348 e. The van der Waals surface area contributed by atoms with Crippen LogP contribution >= 0.6 is 0 Å². The van der Waals surface area contributed by atoms with Gasteiger partial charge in [0, 0.05) is 29.7 Å². The zero-order valence-electron chi connectivity index (χ0n) is 14.6. The van der Waals surface area contributed by atoms with Gasteiger partial charge in [0.1, 0.15) is 16.9 Å². The Kier molecular flexibility index (Phi) is 4.41. The summed E-state index contributed by atoms with van der Waals surface area (Å²) in [6.07, 6.45) is 2.82. The van der Waals surface area contributed by atoms with Gasteiger partial charge in [-0.25, -0.2) is 4.79 Å². The zero-order valence-corrected chi connectivity index (χ0v) is 14.6. The summed E-state index contributed by atoms with van der Waals surface area (Å²) < 4.78 is 5.16. The quantitative estimate of drug-likeness (QED) is 0.407. The number of nitrogens with one attached hydrogen (secondary N) is 1. The smallest absolute Gasteiger partial charge is 0.348 e. The molecule has 0 saturated carbocycles. The lowest BCUT2D eigenvalue weighted by Gasteiger charge is -2.13. The van der Waals surface area contributed by atoms with E-state index in [2.05, 4.69) is 9.98 Å². The molecule has 7 heteroatoms. The standard InChI is InChI=1S/C21H16N2O5/c24-19-14-6-2-4-8-18(14)28-21(27)15(19)11-23-17(20(25)26)9-12-10-22-16-7-3-1-5-13(12)16/h1-8,10-11,17,22,24H,9H2,(H,25,26)/p-1. The molecular formula is C21H15N2O5-. The Balaban J connectivity index is 1.69. The third kappa shape index (κ3) is 3.14. The molecule has 0 aliphatic heterocycles. The number of fused-ring (bicyclic) bond motifs is 2. The number of aliphatic imine (C=N–C) groups is 1. The van der Waals surface area contributed by atoms with E-state index < -0.39 is 17.6 Å². The molecule has 0 amide bonds. The number of H-pyrrole nitrogens is 1. The van der Waals surface area contributed by atoms with E-state index in [0.29, 0.717) is 5.39 Å². The van der Waals surface area contributed by atoms with E-state index in [9.17, 15) is 19.8 Å². The summed E-state index contributed by atoms with van der Waals surface area (Å²) in [5, 5.41) is 23.2. The molecule has 7 nitrogen and oxygen atoms in total. The van der Waals surface area contributed by atoms with Crippen molar-refractivity contribution in [2.24, 2.45) is 4.99 Å². The highest BCUT2D eigenvalue weighted by Gasteiger charge is 2.15. The minimum atomic E-state index is -1.38. The van der Waals surface area contributed by atoms with Crippen LogP contribution in [0.3, 0.4) is 0 Å². The number of carboxylic acids is 1. The lowest BCUT2D eigenvalue weighted by molar-refractivity contribution is -0.307. The van der Waals surface area contributed by atoms with Crippen LogP contribution in [-0.4, -0.2) is 28.3 Å². The van der Waals surface area contributed by atoms with Crippen molar-refractivity contribution in [3.8, 4) is 5.75 Å². The minimum Gasteiger partial charge on any atom is -0.548 e. The highest BCUT2D eigenvalue weighted by Crippen LogP contribution is 2.25. The van der Waals surface area contributed by atoms with Crippen molar-refractivity contribution in [3.05, 3.63) is 76.3 Å². The summed E-state index contributed by atoms with van der Waals surface area (Å²) in [5.41, 5.74) is 0.869. The molecule has 0 spiro atoms. The van der Waals surface area contributed by atoms with Crippen LogP contribution in [0.5, 0.6) is 5.75 Å². The fourth-order valence-electron chi connectivity index (χ4n) is 3.13. The lowest BCUT2D eigenvalue weighted by atomic mass is 10.1. The van der Waals surface area contributed by atoms with Crippen LogP contribution in [0.1, 0.15) is 11.1 Å². The molecule has 4 aromatic rings. The molecule has 0 aliphatic rings. The van der Waals surface area contributed by atoms with Crippen molar-refractivity contribution in [2.75, 3.05) is 0 Å². The molecule has 0 radical (unpaired) electrons. The predicted molar refractivity (Wildman–Crippen MR) is 103 cm³/mol. The Labute approximate surface area is 158 Å². The first-order valence-electron chi connectivity index (χ1n) is 8.58. The highest BCUT2D eigenvalue weighted by molar-refractivity contribution is 5.94. The summed E-state index contributed by atoms with van der Waals surface area (Å²) in [7, 11) is 0. The van der Waals surface area contributed by atoms with E-state index in [1.807, 2.05) is 24.3 Å². The third-order valence-electron chi connectivity index (χ3n) is 4.56. The number of carbonyl (C=O) groups excluding carboxylic acids is 1. The van der Waals surface area contributed by atoms with Crippen molar-refractivity contribution in [2.45, 2.75) is 12.5 Å². The molecule has 2 aromatic heterocycles. The van der Waals surface area contributed by atoms with E-state index in [1.165, 1.54) is 0 Å². The number of aromatic amines is 1. The van der Waals surface area contributed by atoms with Crippen LogP contribution in [0.4, 0.5) is 0 Å². The van der Waals surface area contributed by atoms with Gasteiger partial charge in [-0.1, -0.05) is 30.3 Å². The first-order valence-corrected chi connectivity index (χ1v) is 8.58. The predicted octanol–water partition coefficient (Wildman–Crippen LogP) is 1.76. The summed E-state index contributed by atoms with van der Waals surface area (Å²) in [6, 6.07) is 12.8. The van der Waals surface area contributed by atoms with E-state index in [0.717, 1.165) is 22.7 Å². The van der Waals surface area contributed by atoms with Crippen molar-refractivity contribution in [1.82, 2.24) is 4.98 Å². The fraction of sp³-hybridized carbons (Fsp3) is 0.0952. The first kappa shape index (κ1) is 17.5. The number of aliphatic carboxylic acids is 1. The Morgan fingerprint density at radius 2 is 1.89 bits per heavy atom. The van der Waals surface area contributed by atoms with E-state index >= 15 is 0 Å².